The smallest absolute Gasteiger partial charge is 0.272 e. The Kier molecular flexibility index (Phi) is 5.27. The Bertz CT molecular complexity index is 779. The minimum absolute atomic E-state index is 0.0421. The zero-order chi connectivity index (χ0) is 18.7. The lowest BCUT2D eigenvalue weighted by atomic mass is 9.94. The number of fused-ring (bicyclic) bond motifs is 1. The van der Waals surface area contributed by atoms with Gasteiger partial charge in [-0.1, -0.05) is 43.2 Å². The van der Waals surface area contributed by atoms with E-state index in [1.165, 1.54) is 18.4 Å². The number of nitrogens with one attached hydrogen (secondary N) is 4. The van der Waals surface area contributed by atoms with E-state index in [9.17, 15) is 4.79 Å². The Morgan fingerprint density at radius 2 is 2.04 bits per heavy atom. The van der Waals surface area contributed by atoms with Crippen molar-refractivity contribution >= 4 is 5.91 Å². The van der Waals surface area contributed by atoms with Crippen molar-refractivity contribution in [2.75, 3.05) is 13.1 Å². The molecule has 1 aromatic carbocycles. The molecule has 1 unspecified atom stereocenters. The molecule has 1 aliphatic heterocycles. The zero-order valence-electron chi connectivity index (χ0n) is 16.0. The Morgan fingerprint density at radius 3 is 2.81 bits per heavy atom. The molecular weight excluding hydrogens is 338 g/mol. The van der Waals surface area contributed by atoms with E-state index in [2.05, 4.69) is 57.3 Å². The largest absolute Gasteiger partial charge is 0.349 e. The predicted octanol–water partition coefficient (Wildman–Crippen LogP) is 2.45. The molecule has 6 heteroatoms. The molecule has 0 radical (unpaired) electrons. The molecule has 2 heterocycles. The number of H-pyrrole nitrogens is 1. The van der Waals surface area contributed by atoms with Crippen molar-refractivity contribution in [3.05, 3.63) is 52.8 Å². The first kappa shape index (κ1) is 18.2. The Balaban J connectivity index is 1.43. The summed E-state index contributed by atoms with van der Waals surface area (Å²) in [4.78, 5) is 12.8. The van der Waals surface area contributed by atoms with E-state index >= 15 is 0 Å². The fourth-order valence-corrected chi connectivity index (χ4v) is 4.45. The summed E-state index contributed by atoms with van der Waals surface area (Å²) >= 11 is 0. The van der Waals surface area contributed by atoms with Crippen LogP contribution in [0.5, 0.6) is 0 Å². The molecule has 27 heavy (non-hydrogen) atoms. The van der Waals surface area contributed by atoms with Crippen LogP contribution in [0.15, 0.2) is 30.3 Å². The third-order valence-electron chi connectivity index (χ3n) is 5.99. The predicted molar refractivity (Wildman–Crippen MR) is 106 cm³/mol. The van der Waals surface area contributed by atoms with Crippen molar-refractivity contribution in [3.8, 4) is 0 Å². The highest BCUT2D eigenvalue weighted by atomic mass is 16.1. The van der Waals surface area contributed by atoms with Gasteiger partial charge in [0.15, 0.2) is 5.69 Å². The minimum atomic E-state index is -0.0726. The second-order valence-corrected chi connectivity index (χ2v) is 7.90. The first-order chi connectivity index (χ1) is 13.2. The third kappa shape index (κ3) is 3.92. The van der Waals surface area contributed by atoms with Gasteiger partial charge in [0.05, 0.1) is 0 Å². The fourth-order valence-electron chi connectivity index (χ4n) is 4.45. The molecule has 2 aliphatic rings. The molecule has 144 valence electrons. The summed E-state index contributed by atoms with van der Waals surface area (Å²) in [5.74, 6) is -0.0726. The Labute approximate surface area is 160 Å². The van der Waals surface area contributed by atoms with E-state index in [0.29, 0.717) is 18.8 Å². The van der Waals surface area contributed by atoms with Crippen LogP contribution < -0.4 is 16.0 Å². The number of carbonyl (C=O) groups is 1. The van der Waals surface area contributed by atoms with Crippen LogP contribution >= 0.6 is 0 Å². The SMILES string of the molecule is CC(NC1(CNC(=O)c2n[nH]c3c2CNCC3)CCCC1)c1ccccc1. The molecule has 6 nitrogen and oxygen atoms in total. The van der Waals surface area contributed by atoms with Gasteiger partial charge in [0, 0.05) is 48.9 Å². The highest BCUT2D eigenvalue weighted by molar-refractivity contribution is 5.94. The van der Waals surface area contributed by atoms with Gasteiger partial charge in [-0.05, 0) is 25.3 Å². The normalized spacial score (nSPS) is 19.4. The summed E-state index contributed by atoms with van der Waals surface area (Å²) in [6.45, 7) is 4.48. The summed E-state index contributed by atoms with van der Waals surface area (Å²) in [6, 6.07) is 10.8. The van der Waals surface area contributed by atoms with Crippen molar-refractivity contribution < 1.29 is 4.79 Å². The quantitative estimate of drug-likeness (QED) is 0.632. The molecule has 1 aromatic heterocycles. The minimum Gasteiger partial charge on any atom is -0.349 e. The fraction of sp³-hybridized carbons (Fsp3) is 0.524. The first-order valence-electron chi connectivity index (χ1n) is 10.0. The number of nitrogens with zero attached hydrogens (tertiary/aromatic N) is 1. The maximum atomic E-state index is 12.8. The van der Waals surface area contributed by atoms with Crippen molar-refractivity contribution in [1.82, 2.24) is 26.1 Å². The van der Waals surface area contributed by atoms with Crippen molar-refractivity contribution in [2.24, 2.45) is 0 Å². The second kappa shape index (κ2) is 7.82. The molecule has 1 aliphatic carbocycles. The van der Waals surface area contributed by atoms with E-state index in [-0.39, 0.29) is 17.5 Å². The second-order valence-electron chi connectivity index (χ2n) is 7.90. The van der Waals surface area contributed by atoms with Crippen molar-refractivity contribution in [1.29, 1.82) is 0 Å². The van der Waals surface area contributed by atoms with Gasteiger partial charge in [0.25, 0.3) is 5.91 Å². The van der Waals surface area contributed by atoms with Crippen LogP contribution in [0.4, 0.5) is 0 Å². The lowest BCUT2D eigenvalue weighted by Crippen LogP contribution is -2.52. The summed E-state index contributed by atoms with van der Waals surface area (Å²) < 4.78 is 0. The molecule has 1 atom stereocenters. The van der Waals surface area contributed by atoms with E-state index in [4.69, 9.17) is 0 Å². The van der Waals surface area contributed by atoms with Gasteiger partial charge in [-0.3, -0.25) is 9.89 Å². The molecule has 0 saturated heterocycles. The zero-order valence-corrected chi connectivity index (χ0v) is 16.0. The van der Waals surface area contributed by atoms with Gasteiger partial charge in [-0.2, -0.15) is 5.10 Å². The van der Waals surface area contributed by atoms with Gasteiger partial charge >= 0.3 is 0 Å². The molecule has 0 bridgehead atoms. The molecule has 1 saturated carbocycles. The molecule has 1 amide bonds. The van der Waals surface area contributed by atoms with E-state index in [0.717, 1.165) is 37.1 Å². The highest BCUT2D eigenvalue weighted by Gasteiger charge is 2.36. The van der Waals surface area contributed by atoms with E-state index in [1.807, 2.05) is 6.07 Å². The molecule has 4 N–H and O–H groups in total. The number of rotatable bonds is 6. The number of aromatic amines is 1. The van der Waals surface area contributed by atoms with Crippen LogP contribution in [0.1, 0.15) is 66.0 Å². The highest BCUT2D eigenvalue weighted by Crippen LogP contribution is 2.32. The summed E-state index contributed by atoms with van der Waals surface area (Å²) in [6.07, 6.45) is 5.48. The average molecular weight is 367 g/mol. The lowest BCUT2D eigenvalue weighted by Gasteiger charge is -2.34. The number of hydrogen-bond acceptors (Lipinski definition) is 4. The van der Waals surface area contributed by atoms with Crippen molar-refractivity contribution in [2.45, 2.75) is 57.2 Å². The molecule has 4 rings (SSSR count). The van der Waals surface area contributed by atoms with Crippen LogP contribution in [-0.4, -0.2) is 34.7 Å². The van der Waals surface area contributed by atoms with Gasteiger partial charge in [-0.15, -0.1) is 0 Å². The Hall–Kier alpha value is -2.18. The summed E-state index contributed by atoms with van der Waals surface area (Å²) in [7, 11) is 0. The molecule has 1 fully saturated rings. The maximum absolute atomic E-state index is 12.8. The monoisotopic (exact) mass is 367 g/mol. The van der Waals surface area contributed by atoms with Crippen molar-refractivity contribution in [3.63, 3.8) is 0 Å². The van der Waals surface area contributed by atoms with Crippen LogP contribution in [-0.2, 0) is 13.0 Å². The molecule has 2 aromatic rings. The van der Waals surface area contributed by atoms with Crippen LogP contribution in [0.25, 0.3) is 0 Å². The van der Waals surface area contributed by atoms with Gasteiger partial charge in [0.1, 0.15) is 0 Å². The first-order valence-corrected chi connectivity index (χ1v) is 10.0. The van der Waals surface area contributed by atoms with Crippen LogP contribution in [0, 0.1) is 0 Å². The standard InChI is InChI=1S/C21H29N5O/c1-15(16-7-3-2-4-8-16)24-21(10-5-6-11-21)14-23-20(27)19-17-13-22-12-9-18(17)25-26-19/h2-4,7-8,15,22,24H,5-6,9-14H2,1H3,(H,23,27)(H,25,26). The van der Waals surface area contributed by atoms with Gasteiger partial charge < -0.3 is 16.0 Å². The number of amides is 1. The third-order valence-corrected chi connectivity index (χ3v) is 5.99. The lowest BCUT2D eigenvalue weighted by molar-refractivity contribution is 0.0930. The summed E-state index contributed by atoms with van der Waals surface area (Å²) in [5.41, 5.74) is 3.89. The van der Waals surface area contributed by atoms with E-state index in [1.54, 1.807) is 0 Å². The average Bonchev–Trinajstić information content (AvgIpc) is 3.34. The van der Waals surface area contributed by atoms with Gasteiger partial charge in [0.2, 0.25) is 0 Å². The number of benzene rings is 1. The van der Waals surface area contributed by atoms with Gasteiger partial charge in [-0.25, -0.2) is 0 Å². The summed E-state index contributed by atoms with van der Waals surface area (Å²) in [5, 5.41) is 17.6. The van der Waals surface area contributed by atoms with Crippen LogP contribution in [0.3, 0.4) is 0 Å². The molecule has 0 spiro atoms. The number of hydrogen-bond donors (Lipinski definition) is 4. The van der Waals surface area contributed by atoms with E-state index < -0.39 is 0 Å². The Morgan fingerprint density at radius 1 is 1.26 bits per heavy atom. The number of aromatic nitrogens is 2. The number of carbonyl (C=O) groups excluding carboxylic acids is 1. The van der Waals surface area contributed by atoms with Crippen LogP contribution in [0.2, 0.25) is 0 Å². The molecular formula is C21H29N5O. The topological polar surface area (TPSA) is 81.8 Å². The maximum Gasteiger partial charge on any atom is 0.272 e.